The molecule has 20 heavy (non-hydrogen) atoms. The molecule has 3 rings (SSSR count). The predicted octanol–water partition coefficient (Wildman–Crippen LogP) is 4.71. The number of benzene rings is 2. The molecule has 1 fully saturated rings. The van der Waals surface area contributed by atoms with Crippen LogP contribution in [0.3, 0.4) is 0 Å². The largest absolute Gasteiger partial charge is 0.310 e. The van der Waals surface area contributed by atoms with Gasteiger partial charge >= 0.3 is 0 Å². The van der Waals surface area contributed by atoms with Gasteiger partial charge < -0.3 is 5.32 Å². The molecule has 0 saturated heterocycles. The number of halogens is 2. The minimum absolute atomic E-state index is 0.268. The van der Waals surface area contributed by atoms with Crippen LogP contribution in [-0.4, -0.2) is 6.04 Å². The summed E-state index contributed by atoms with van der Waals surface area (Å²) in [6.45, 7) is 2.80. The van der Waals surface area contributed by atoms with Crippen molar-refractivity contribution in [2.75, 3.05) is 0 Å². The van der Waals surface area contributed by atoms with Crippen molar-refractivity contribution < 1.29 is 4.39 Å². The van der Waals surface area contributed by atoms with Crippen LogP contribution in [0.25, 0.3) is 11.1 Å². The van der Waals surface area contributed by atoms with Crippen LogP contribution in [-0.2, 0) is 6.54 Å². The molecule has 1 nitrogen and oxygen atoms in total. The van der Waals surface area contributed by atoms with E-state index >= 15 is 0 Å². The summed E-state index contributed by atoms with van der Waals surface area (Å²) in [4.78, 5) is 0. The Hall–Kier alpha value is -1.38. The van der Waals surface area contributed by atoms with Gasteiger partial charge in [0, 0.05) is 23.2 Å². The van der Waals surface area contributed by atoms with Crippen LogP contribution >= 0.6 is 11.6 Å². The van der Waals surface area contributed by atoms with Gasteiger partial charge in [-0.25, -0.2) is 4.39 Å². The minimum atomic E-state index is -0.268. The van der Waals surface area contributed by atoms with E-state index in [1.54, 1.807) is 12.1 Å². The highest BCUT2D eigenvalue weighted by molar-refractivity contribution is 6.30. The van der Waals surface area contributed by atoms with Crippen molar-refractivity contribution in [3.05, 3.63) is 58.4 Å². The van der Waals surface area contributed by atoms with Crippen molar-refractivity contribution in [1.29, 1.82) is 0 Å². The van der Waals surface area contributed by atoms with Gasteiger partial charge in [-0.15, -0.1) is 0 Å². The third-order valence-electron chi connectivity index (χ3n) is 3.65. The van der Waals surface area contributed by atoms with Crippen LogP contribution in [0.1, 0.15) is 24.0 Å². The quantitative estimate of drug-likeness (QED) is 0.860. The Labute approximate surface area is 123 Å². The lowest BCUT2D eigenvalue weighted by atomic mass is 9.97. The van der Waals surface area contributed by atoms with Crippen LogP contribution in [0.2, 0.25) is 5.02 Å². The Morgan fingerprint density at radius 3 is 2.65 bits per heavy atom. The fourth-order valence-electron chi connectivity index (χ4n) is 2.34. The Morgan fingerprint density at radius 1 is 1.15 bits per heavy atom. The standard InChI is InChI=1S/C17H17ClFN/c1-11-2-3-12(10-20-14-5-6-14)16(8-11)15-7-4-13(18)9-17(15)19/h2-4,7-9,14,20H,5-6,10H2,1H3. The molecule has 0 aliphatic heterocycles. The number of aryl methyl sites for hydroxylation is 1. The molecule has 0 amide bonds. The molecule has 0 radical (unpaired) electrons. The summed E-state index contributed by atoms with van der Waals surface area (Å²) >= 11 is 5.83. The van der Waals surface area contributed by atoms with Crippen LogP contribution in [0, 0.1) is 12.7 Å². The average molecular weight is 290 g/mol. The molecule has 0 spiro atoms. The van der Waals surface area contributed by atoms with Gasteiger partial charge in [-0.3, -0.25) is 0 Å². The zero-order chi connectivity index (χ0) is 14.1. The highest BCUT2D eigenvalue weighted by Crippen LogP contribution is 2.30. The van der Waals surface area contributed by atoms with Crippen molar-refractivity contribution in [2.45, 2.75) is 32.4 Å². The molecule has 1 aliphatic rings. The molecule has 0 bridgehead atoms. The predicted molar refractivity (Wildman–Crippen MR) is 81.4 cm³/mol. The first kappa shape index (κ1) is 13.6. The monoisotopic (exact) mass is 289 g/mol. The number of hydrogen-bond acceptors (Lipinski definition) is 1. The van der Waals surface area contributed by atoms with Crippen LogP contribution in [0.4, 0.5) is 4.39 Å². The summed E-state index contributed by atoms with van der Waals surface area (Å²) in [5.41, 5.74) is 3.83. The Balaban J connectivity index is 1.98. The van der Waals surface area contributed by atoms with Gasteiger partial charge in [-0.2, -0.15) is 0 Å². The number of rotatable bonds is 4. The molecular weight excluding hydrogens is 273 g/mol. The molecule has 0 aromatic heterocycles. The third kappa shape index (κ3) is 3.02. The molecule has 0 unspecified atom stereocenters. The van der Waals surface area contributed by atoms with E-state index < -0.39 is 0 Å². The summed E-state index contributed by atoms with van der Waals surface area (Å²) < 4.78 is 14.2. The fourth-order valence-corrected chi connectivity index (χ4v) is 2.50. The second-order valence-corrected chi connectivity index (χ2v) is 5.88. The first-order chi connectivity index (χ1) is 9.63. The summed E-state index contributed by atoms with van der Waals surface area (Å²) in [5.74, 6) is -0.268. The van der Waals surface area contributed by atoms with Crippen molar-refractivity contribution >= 4 is 11.6 Å². The van der Waals surface area contributed by atoms with Gasteiger partial charge in [-0.1, -0.05) is 35.4 Å². The van der Waals surface area contributed by atoms with Gasteiger partial charge in [-0.05, 0) is 49.1 Å². The zero-order valence-corrected chi connectivity index (χ0v) is 12.2. The average Bonchev–Trinajstić information content (AvgIpc) is 3.21. The maximum atomic E-state index is 14.2. The zero-order valence-electron chi connectivity index (χ0n) is 11.4. The number of nitrogens with one attached hydrogen (secondary N) is 1. The molecule has 1 aliphatic carbocycles. The van der Waals surface area contributed by atoms with E-state index in [0.29, 0.717) is 16.6 Å². The SMILES string of the molecule is Cc1ccc(CNC2CC2)c(-c2ccc(Cl)cc2F)c1. The van der Waals surface area contributed by atoms with E-state index in [2.05, 4.69) is 17.4 Å². The van der Waals surface area contributed by atoms with Crippen LogP contribution in [0.5, 0.6) is 0 Å². The highest BCUT2D eigenvalue weighted by Gasteiger charge is 2.21. The molecule has 0 atom stereocenters. The molecule has 0 heterocycles. The van der Waals surface area contributed by atoms with Gasteiger partial charge in [0.05, 0.1) is 0 Å². The molecule has 1 N–H and O–H groups in total. The van der Waals surface area contributed by atoms with Gasteiger partial charge in [0.1, 0.15) is 5.82 Å². The summed E-state index contributed by atoms with van der Waals surface area (Å²) in [6.07, 6.45) is 2.49. The molecule has 104 valence electrons. The molecule has 3 heteroatoms. The van der Waals surface area contributed by atoms with E-state index in [4.69, 9.17) is 11.6 Å². The third-order valence-corrected chi connectivity index (χ3v) is 3.88. The second-order valence-electron chi connectivity index (χ2n) is 5.44. The number of hydrogen-bond donors (Lipinski definition) is 1. The topological polar surface area (TPSA) is 12.0 Å². The van der Waals surface area contributed by atoms with E-state index in [1.165, 1.54) is 18.9 Å². The van der Waals surface area contributed by atoms with E-state index in [-0.39, 0.29) is 5.82 Å². The second kappa shape index (κ2) is 5.55. The normalized spacial score (nSPS) is 14.6. The van der Waals surface area contributed by atoms with Crippen molar-refractivity contribution in [1.82, 2.24) is 5.32 Å². The van der Waals surface area contributed by atoms with Gasteiger partial charge in [0.25, 0.3) is 0 Å². The van der Waals surface area contributed by atoms with Crippen molar-refractivity contribution in [3.8, 4) is 11.1 Å². The first-order valence-electron chi connectivity index (χ1n) is 6.92. The van der Waals surface area contributed by atoms with Crippen LogP contribution < -0.4 is 5.32 Å². The first-order valence-corrected chi connectivity index (χ1v) is 7.29. The van der Waals surface area contributed by atoms with Gasteiger partial charge in [0.15, 0.2) is 0 Å². The van der Waals surface area contributed by atoms with Crippen molar-refractivity contribution in [3.63, 3.8) is 0 Å². The smallest absolute Gasteiger partial charge is 0.132 e. The fraction of sp³-hybridized carbons (Fsp3) is 0.294. The Morgan fingerprint density at radius 2 is 1.95 bits per heavy atom. The molecule has 2 aromatic carbocycles. The minimum Gasteiger partial charge on any atom is -0.310 e. The van der Waals surface area contributed by atoms with E-state index in [1.807, 2.05) is 13.0 Å². The Bertz CT molecular complexity index is 635. The molecule has 1 saturated carbocycles. The van der Waals surface area contributed by atoms with Gasteiger partial charge in [0.2, 0.25) is 0 Å². The van der Waals surface area contributed by atoms with E-state index in [9.17, 15) is 4.39 Å². The maximum Gasteiger partial charge on any atom is 0.132 e. The summed E-state index contributed by atoms with van der Waals surface area (Å²) in [6, 6.07) is 11.7. The summed E-state index contributed by atoms with van der Waals surface area (Å²) in [5, 5.41) is 3.91. The maximum absolute atomic E-state index is 14.2. The van der Waals surface area contributed by atoms with Crippen LogP contribution in [0.15, 0.2) is 36.4 Å². The van der Waals surface area contributed by atoms with E-state index in [0.717, 1.165) is 23.2 Å². The molecular formula is C17H17ClFN. The lowest BCUT2D eigenvalue weighted by Gasteiger charge is -2.13. The molecule has 2 aromatic rings. The highest BCUT2D eigenvalue weighted by atomic mass is 35.5. The summed E-state index contributed by atoms with van der Waals surface area (Å²) in [7, 11) is 0. The lowest BCUT2D eigenvalue weighted by molar-refractivity contribution is 0.630. The lowest BCUT2D eigenvalue weighted by Crippen LogP contribution is -2.16. The Kier molecular flexibility index (Phi) is 3.77. The van der Waals surface area contributed by atoms with Crippen molar-refractivity contribution in [2.24, 2.45) is 0 Å².